The van der Waals surface area contributed by atoms with Crippen molar-refractivity contribution in [2.75, 3.05) is 26.2 Å². The molecule has 0 aliphatic carbocycles. The lowest BCUT2D eigenvalue weighted by Crippen LogP contribution is -2.58. The van der Waals surface area contributed by atoms with E-state index in [0.717, 1.165) is 19.6 Å². The first kappa shape index (κ1) is 12.6. The number of nitrogens with zero attached hydrogens (tertiary/aromatic N) is 2. The Morgan fingerprint density at radius 3 is 3.00 bits per heavy atom. The largest absolute Gasteiger partial charge is 0.338 e. The molecule has 0 radical (unpaired) electrons. The Morgan fingerprint density at radius 1 is 1.41 bits per heavy atom. The van der Waals surface area contributed by atoms with Crippen molar-refractivity contribution in [3.63, 3.8) is 0 Å². The van der Waals surface area contributed by atoms with Gasteiger partial charge in [-0.25, -0.2) is 0 Å². The molecule has 0 aromatic rings. The molecule has 0 saturated carbocycles. The van der Waals surface area contributed by atoms with Crippen LogP contribution in [0.2, 0.25) is 0 Å². The molecule has 2 N–H and O–H groups in total. The second-order valence-corrected chi connectivity index (χ2v) is 5.10. The van der Waals surface area contributed by atoms with Gasteiger partial charge in [0.15, 0.2) is 0 Å². The molecule has 2 fully saturated rings. The molecule has 2 aliphatic rings. The number of piperazine rings is 1. The van der Waals surface area contributed by atoms with Gasteiger partial charge in [0.25, 0.3) is 0 Å². The Balaban J connectivity index is 1.90. The van der Waals surface area contributed by atoms with Crippen LogP contribution in [0.3, 0.4) is 0 Å². The molecule has 2 saturated heterocycles. The Kier molecular flexibility index (Phi) is 4.18. The fourth-order valence-electron chi connectivity index (χ4n) is 2.87. The fourth-order valence-corrected chi connectivity index (χ4v) is 2.87. The minimum Gasteiger partial charge on any atom is -0.338 e. The van der Waals surface area contributed by atoms with Gasteiger partial charge in [0, 0.05) is 25.7 Å². The zero-order chi connectivity index (χ0) is 12.3. The van der Waals surface area contributed by atoms with Crippen molar-refractivity contribution in [2.24, 2.45) is 5.73 Å². The van der Waals surface area contributed by atoms with Crippen LogP contribution in [0.25, 0.3) is 0 Å². The van der Waals surface area contributed by atoms with Crippen molar-refractivity contribution in [3.8, 4) is 0 Å². The molecule has 0 spiro atoms. The molecule has 1 amide bonds. The monoisotopic (exact) mass is 237 g/mol. The minimum atomic E-state index is -0.400. The maximum Gasteiger partial charge on any atom is 0.239 e. The van der Waals surface area contributed by atoms with E-state index in [1.54, 1.807) is 6.08 Å². The molecule has 0 aromatic heterocycles. The molecular weight excluding hydrogens is 214 g/mol. The van der Waals surface area contributed by atoms with Crippen molar-refractivity contribution < 1.29 is 4.79 Å². The van der Waals surface area contributed by atoms with E-state index in [1.165, 1.54) is 25.8 Å². The zero-order valence-electron chi connectivity index (χ0n) is 10.5. The van der Waals surface area contributed by atoms with Crippen LogP contribution < -0.4 is 5.73 Å². The molecule has 2 atom stereocenters. The van der Waals surface area contributed by atoms with Crippen molar-refractivity contribution >= 4 is 5.91 Å². The van der Waals surface area contributed by atoms with E-state index in [1.807, 2.05) is 4.90 Å². The van der Waals surface area contributed by atoms with Crippen LogP contribution in [0, 0.1) is 0 Å². The molecule has 4 heteroatoms. The van der Waals surface area contributed by atoms with Gasteiger partial charge in [-0.1, -0.05) is 12.5 Å². The van der Waals surface area contributed by atoms with E-state index < -0.39 is 6.04 Å². The lowest BCUT2D eigenvalue weighted by Gasteiger charge is -2.44. The number of hydrogen-bond donors (Lipinski definition) is 1. The average molecular weight is 237 g/mol. The predicted octanol–water partition coefficient (Wildman–Crippen LogP) is 0.587. The van der Waals surface area contributed by atoms with Gasteiger partial charge < -0.3 is 10.6 Å². The van der Waals surface area contributed by atoms with Crippen LogP contribution in [-0.2, 0) is 4.79 Å². The van der Waals surface area contributed by atoms with E-state index in [4.69, 9.17) is 5.73 Å². The van der Waals surface area contributed by atoms with E-state index in [0.29, 0.717) is 12.5 Å². The third-order valence-electron chi connectivity index (χ3n) is 3.89. The number of hydrogen-bond acceptors (Lipinski definition) is 3. The van der Waals surface area contributed by atoms with E-state index >= 15 is 0 Å². The first-order valence-corrected chi connectivity index (χ1v) is 6.61. The van der Waals surface area contributed by atoms with E-state index in [2.05, 4.69) is 11.5 Å². The van der Waals surface area contributed by atoms with Crippen LogP contribution in [0.5, 0.6) is 0 Å². The Labute approximate surface area is 103 Å². The smallest absolute Gasteiger partial charge is 0.239 e. The van der Waals surface area contributed by atoms with Crippen LogP contribution in [-0.4, -0.2) is 54.0 Å². The van der Waals surface area contributed by atoms with Crippen molar-refractivity contribution in [1.29, 1.82) is 0 Å². The number of nitrogens with two attached hydrogens (primary N) is 1. The normalized spacial score (nSPS) is 27.4. The van der Waals surface area contributed by atoms with Gasteiger partial charge in [-0.3, -0.25) is 9.69 Å². The first-order valence-electron chi connectivity index (χ1n) is 6.61. The summed E-state index contributed by atoms with van der Waals surface area (Å²) in [5, 5.41) is 0. The predicted molar refractivity (Wildman–Crippen MR) is 68.6 cm³/mol. The summed E-state index contributed by atoms with van der Waals surface area (Å²) in [4.78, 5) is 16.6. The lowest BCUT2D eigenvalue weighted by atomic mass is 9.99. The number of amides is 1. The zero-order valence-corrected chi connectivity index (χ0v) is 10.5. The number of carbonyl (C=O) groups excluding carboxylic acids is 1. The maximum absolute atomic E-state index is 12.1. The van der Waals surface area contributed by atoms with Crippen LogP contribution in [0.15, 0.2) is 12.7 Å². The molecule has 2 heterocycles. The lowest BCUT2D eigenvalue weighted by molar-refractivity contribution is -0.136. The summed E-state index contributed by atoms with van der Waals surface area (Å²) >= 11 is 0. The number of carbonyl (C=O) groups is 1. The topological polar surface area (TPSA) is 49.6 Å². The van der Waals surface area contributed by atoms with Gasteiger partial charge in [-0.15, -0.1) is 6.58 Å². The third kappa shape index (κ3) is 2.87. The Hall–Kier alpha value is -0.870. The summed E-state index contributed by atoms with van der Waals surface area (Å²) < 4.78 is 0. The standard InChI is InChI=1S/C13H23N3O/c1-2-5-12(14)13(17)16-9-8-15-7-4-3-6-11(15)10-16/h2,11-12H,1,3-10,14H2. The summed E-state index contributed by atoms with van der Waals surface area (Å²) in [7, 11) is 0. The summed E-state index contributed by atoms with van der Waals surface area (Å²) in [6.45, 7) is 7.54. The average Bonchev–Trinajstić information content (AvgIpc) is 2.37. The molecule has 2 rings (SSSR count). The van der Waals surface area contributed by atoms with Gasteiger partial charge >= 0.3 is 0 Å². The van der Waals surface area contributed by atoms with Gasteiger partial charge in [-0.05, 0) is 25.8 Å². The molecular formula is C13H23N3O. The highest BCUT2D eigenvalue weighted by molar-refractivity contribution is 5.82. The third-order valence-corrected chi connectivity index (χ3v) is 3.89. The molecule has 17 heavy (non-hydrogen) atoms. The van der Waals surface area contributed by atoms with E-state index in [-0.39, 0.29) is 5.91 Å². The highest BCUT2D eigenvalue weighted by atomic mass is 16.2. The van der Waals surface area contributed by atoms with Crippen LogP contribution >= 0.6 is 0 Å². The summed E-state index contributed by atoms with van der Waals surface area (Å²) in [6.07, 6.45) is 6.12. The van der Waals surface area contributed by atoms with Gasteiger partial charge in [0.2, 0.25) is 5.91 Å². The first-order chi connectivity index (χ1) is 8.22. The molecule has 2 unspecified atom stereocenters. The molecule has 96 valence electrons. The molecule has 2 aliphatic heterocycles. The maximum atomic E-state index is 12.1. The Bertz CT molecular complexity index is 292. The van der Waals surface area contributed by atoms with E-state index in [9.17, 15) is 4.79 Å². The number of piperidine rings is 1. The molecule has 0 bridgehead atoms. The van der Waals surface area contributed by atoms with Crippen LogP contribution in [0.1, 0.15) is 25.7 Å². The molecule has 0 aromatic carbocycles. The minimum absolute atomic E-state index is 0.0927. The SMILES string of the molecule is C=CCC(N)C(=O)N1CCN2CCCCC2C1. The van der Waals surface area contributed by atoms with Gasteiger partial charge in [0.1, 0.15) is 0 Å². The summed E-state index contributed by atoms with van der Waals surface area (Å²) in [5.41, 5.74) is 5.85. The van der Waals surface area contributed by atoms with Crippen molar-refractivity contribution in [3.05, 3.63) is 12.7 Å². The second kappa shape index (κ2) is 5.65. The number of rotatable bonds is 3. The van der Waals surface area contributed by atoms with Gasteiger partial charge in [0.05, 0.1) is 6.04 Å². The Morgan fingerprint density at radius 2 is 2.24 bits per heavy atom. The summed E-state index contributed by atoms with van der Waals surface area (Å²) in [6, 6.07) is 0.167. The fraction of sp³-hybridized carbons (Fsp3) is 0.769. The summed E-state index contributed by atoms with van der Waals surface area (Å²) in [5.74, 6) is 0.0927. The van der Waals surface area contributed by atoms with Gasteiger partial charge in [-0.2, -0.15) is 0 Å². The van der Waals surface area contributed by atoms with Crippen molar-refractivity contribution in [1.82, 2.24) is 9.80 Å². The van der Waals surface area contributed by atoms with Crippen LogP contribution in [0.4, 0.5) is 0 Å². The van der Waals surface area contributed by atoms with Crippen molar-refractivity contribution in [2.45, 2.75) is 37.8 Å². The number of fused-ring (bicyclic) bond motifs is 1. The quantitative estimate of drug-likeness (QED) is 0.731. The highest BCUT2D eigenvalue weighted by Gasteiger charge is 2.32. The second-order valence-electron chi connectivity index (χ2n) is 5.10. The highest BCUT2D eigenvalue weighted by Crippen LogP contribution is 2.21. The molecule has 4 nitrogen and oxygen atoms in total.